The second-order valence-corrected chi connectivity index (χ2v) is 8.65. The average molecular weight is 466 g/mol. The fourth-order valence-corrected chi connectivity index (χ4v) is 4.27. The standard InChI is InChI=1S/C22H18N4O6S/c1-32-15-7-5-6-14(12-15)23-18-10-11-20(26(28)29)21-17(18)13-19(24-21)22(27)25-33(30,31)16-8-3-2-4-9-16/h2-13,23-24H,1H3,(H,25,27). The molecule has 33 heavy (non-hydrogen) atoms. The molecule has 0 saturated heterocycles. The summed E-state index contributed by atoms with van der Waals surface area (Å²) in [7, 11) is -2.59. The van der Waals surface area contributed by atoms with Gasteiger partial charge in [-0.3, -0.25) is 14.9 Å². The lowest BCUT2D eigenvalue weighted by Crippen LogP contribution is -2.30. The topological polar surface area (TPSA) is 143 Å². The third-order valence-electron chi connectivity index (χ3n) is 4.84. The highest BCUT2D eigenvalue weighted by atomic mass is 32.2. The van der Waals surface area contributed by atoms with Gasteiger partial charge < -0.3 is 15.0 Å². The molecule has 11 heteroatoms. The lowest BCUT2D eigenvalue weighted by molar-refractivity contribution is -0.383. The summed E-state index contributed by atoms with van der Waals surface area (Å²) in [5.41, 5.74) is 0.808. The lowest BCUT2D eigenvalue weighted by Gasteiger charge is -2.09. The van der Waals surface area contributed by atoms with E-state index in [9.17, 15) is 23.3 Å². The van der Waals surface area contributed by atoms with Crippen LogP contribution in [0.4, 0.5) is 17.1 Å². The van der Waals surface area contributed by atoms with Gasteiger partial charge in [0.25, 0.3) is 21.6 Å². The second kappa shape index (κ2) is 8.63. The molecule has 0 fully saturated rings. The lowest BCUT2D eigenvalue weighted by atomic mass is 10.1. The summed E-state index contributed by atoms with van der Waals surface area (Å²) in [5, 5.41) is 15.0. The minimum atomic E-state index is -4.12. The number of nitrogens with zero attached hydrogens (tertiary/aromatic N) is 1. The number of non-ortho nitro benzene ring substituents is 1. The summed E-state index contributed by atoms with van der Waals surface area (Å²) in [5.74, 6) is -0.338. The summed E-state index contributed by atoms with van der Waals surface area (Å²) < 4.78 is 32.2. The molecule has 0 bridgehead atoms. The molecule has 0 saturated carbocycles. The first kappa shape index (κ1) is 21.8. The number of hydrogen-bond donors (Lipinski definition) is 3. The number of anilines is 2. The number of aromatic nitrogens is 1. The highest BCUT2D eigenvalue weighted by Gasteiger charge is 2.23. The Hall–Kier alpha value is -4.38. The van der Waals surface area contributed by atoms with Crippen molar-refractivity contribution in [3.63, 3.8) is 0 Å². The number of ether oxygens (including phenoxy) is 1. The molecule has 1 amide bonds. The Morgan fingerprint density at radius 3 is 2.48 bits per heavy atom. The number of fused-ring (bicyclic) bond motifs is 1. The quantitative estimate of drug-likeness (QED) is 0.276. The molecule has 0 radical (unpaired) electrons. The van der Waals surface area contributed by atoms with E-state index in [1.54, 1.807) is 30.3 Å². The molecular formula is C22H18N4O6S. The number of H-pyrrole nitrogens is 1. The fraction of sp³-hybridized carbons (Fsp3) is 0.0455. The molecule has 0 aliphatic carbocycles. The molecule has 1 aromatic heterocycles. The van der Waals surface area contributed by atoms with Gasteiger partial charge in [0, 0.05) is 28.9 Å². The Morgan fingerprint density at radius 2 is 1.79 bits per heavy atom. The van der Waals surface area contributed by atoms with E-state index in [-0.39, 0.29) is 21.8 Å². The molecule has 3 aromatic carbocycles. The number of nitro groups is 1. The van der Waals surface area contributed by atoms with Gasteiger partial charge in [0.05, 0.1) is 16.9 Å². The van der Waals surface area contributed by atoms with Crippen LogP contribution >= 0.6 is 0 Å². The molecule has 168 valence electrons. The number of aromatic amines is 1. The molecule has 3 N–H and O–H groups in total. The van der Waals surface area contributed by atoms with E-state index in [0.29, 0.717) is 22.5 Å². The van der Waals surface area contributed by atoms with Crippen LogP contribution in [0.1, 0.15) is 10.5 Å². The summed E-state index contributed by atoms with van der Waals surface area (Å²) in [6, 6.07) is 18.6. The minimum Gasteiger partial charge on any atom is -0.497 e. The van der Waals surface area contributed by atoms with Crippen LogP contribution in [0.15, 0.2) is 77.7 Å². The minimum absolute atomic E-state index is 0.0788. The number of carbonyl (C=O) groups excluding carboxylic acids is 1. The van der Waals surface area contributed by atoms with Gasteiger partial charge >= 0.3 is 0 Å². The van der Waals surface area contributed by atoms with Crippen LogP contribution in [0.3, 0.4) is 0 Å². The van der Waals surface area contributed by atoms with Gasteiger partial charge in [-0.25, -0.2) is 13.1 Å². The van der Waals surface area contributed by atoms with Gasteiger partial charge in [-0.1, -0.05) is 24.3 Å². The smallest absolute Gasteiger partial charge is 0.293 e. The van der Waals surface area contributed by atoms with E-state index < -0.39 is 20.9 Å². The molecular weight excluding hydrogens is 448 g/mol. The van der Waals surface area contributed by atoms with E-state index in [1.165, 1.54) is 49.6 Å². The Morgan fingerprint density at radius 1 is 1.03 bits per heavy atom. The Bertz CT molecular complexity index is 1470. The second-order valence-electron chi connectivity index (χ2n) is 6.97. The van der Waals surface area contributed by atoms with Crippen molar-refractivity contribution in [2.24, 2.45) is 0 Å². The number of nitrogens with one attached hydrogen (secondary N) is 3. The number of carbonyl (C=O) groups is 1. The van der Waals surface area contributed by atoms with Crippen LogP contribution in [-0.4, -0.2) is 31.3 Å². The van der Waals surface area contributed by atoms with Gasteiger partial charge in [0.1, 0.15) is 17.0 Å². The van der Waals surface area contributed by atoms with Crippen LogP contribution < -0.4 is 14.8 Å². The fourth-order valence-electron chi connectivity index (χ4n) is 3.28. The normalized spacial score (nSPS) is 11.2. The highest BCUT2D eigenvalue weighted by Crippen LogP contribution is 2.34. The maximum atomic E-state index is 12.7. The van der Waals surface area contributed by atoms with Crippen LogP contribution in [0.2, 0.25) is 0 Å². The molecule has 1 heterocycles. The first-order valence-corrected chi connectivity index (χ1v) is 11.1. The predicted molar refractivity (Wildman–Crippen MR) is 122 cm³/mol. The molecule has 0 spiro atoms. The van der Waals surface area contributed by atoms with E-state index >= 15 is 0 Å². The molecule has 0 unspecified atom stereocenters. The van der Waals surface area contributed by atoms with E-state index in [0.717, 1.165) is 0 Å². The number of methoxy groups -OCH3 is 1. The Balaban J connectivity index is 1.73. The zero-order chi connectivity index (χ0) is 23.6. The SMILES string of the molecule is COc1cccc(Nc2ccc([N+](=O)[O-])c3[nH]c(C(=O)NS(=O)(=O)c4ccccc4)cc23)c1. The molecule has 0 atom stereocenters. The van der Waals surface area contributed by atoms with E-state index in [4.69, 9.17) is 4.74 Å². The monoisotopic (exact) mass is 466 g/mol. The zero-order valence-electron chi connectivity index (χ0n) is 17.2. The molecule has 10 nitrogen and oxygen atoms in total. The van der Waals surface area contributed by atoms with Crippen molar-refractivity contribution in [2.75, 3.05) is 12.4 Å². The molecule has 0 aliphatic heterocycles. The van der Waals surface area contributed by atoms with Gasteiger partial charge in [-0.05, 0) is 36.4 Å². The number of amides is 1. The van der Waals surface area contributed by atoms with Gasteiger partial charge in [-0.15, -0.1) is 0 Å². The number of rotatable bonds is 7. The van der Waals surface area contributed by atoms with Crippen LogP contribution in [0.25, 0.3) is 10.9 Å². The molecule has 4 rings (SSSR count). The van der Waals surface area contributed by atoms with E-state index in [1.807, 2.05) is 4.72 Å². The van der Waals surface area contributed by atoms with Gasteiger partial charge in [0.15, 0.2) is 0 Å². The Kier molecular flexibility index (Phi) is 5.71. The summed E-state index contributed by atoms with van der Waals surface area (Å²) in [6.45, 7) is 0. The molecule has 4 aromatic rings. The number of hydrogen-bond acceptors (Lipinski definition) is 7. The number of nitro benzene ring substituents is 1. The van der Waals surface area contributed by atoms with Crippen molar-refractivity contribution in [1.29, 1.82) is 0 Å². The summed E-state index contributed by atoms with van der Waals surface area (Å²) in [6.07, 6.45) is 0. The first-order chi connectivity index (χ1) is 15.8. The largest absolute Gasteiger partial charge is 0.497 e. The van der Waals surface area contributed by atoms with Crippen molar-refractivity contribution < 1.29 is 22.9 Å². The maximum Gasteiger partial charge on any atom is 0.293 e. The van der Waals surface area contributed by atoms with Crippen LogP contribution in [0.5, 0.6) is 5.75 Å². The zero-order valence-corrected chi connectivity index (χ0v) is 18.0. The third kappa shape index (κ3) is 4.48. The maximum absolute atomic E-state index is 12.7. The first-order valence-electron chi connectivity index (χ1n) is 9.62. The van der Waals surface area contributed by atoms with Crippen molar-refractivity contribution in [1.82, 2.24) is 9.71 Å². The molecule has 0 aliphatic rings. The Labute approximate surface area is 188 Å². The summed E-state index contributed by atoms with van der Waals surface area (Å²) >= 11 is 0. The van der Waals surface area contributed by atoms with Crippen molar-refractivity contribution in [2.45, 2.75) is 4.90 Å². The van der Waals surface area contributed by atoms with Crippen molar-refractivity contribution >= 4 is 43.9 Å². The van der Waals surface area contributed by atoms with Crippen LogP contribution in [0, 0.1) is 10.1 Å². The third-order valence-corrected chi connectivity index (χ3v) is 6.19. The van der Waals surface area contributed by atoms with Crippen molar-refractivity contribution in [3.05, 3.63) is 88.6 Å². The van der Waals surface area contributed by atoms with Gasteiger partial charge in [-0.2, -0.15) is 0 Å². The average Bonchev–Trinajstić information content (AvgIpc) is 3.26. The van der Waals surface area contributed by atoms with Gasteiger partial charge in [0.2, 0.25) is 0 Å². The van der Waals surface area contributed by atoms with E-state index in [2.05, 4.69) is 10.3 Å². The highest BCUT2D eigenvalue weighted by molar-refractivity contribution is 7.90. The summed E-state index contributed by atoms with van der Waals surface area (Å²) in [4.78, 5) is 26.2. The number of benzene rings is 3. The number of sulfonamides is 1. The van der Waals surface area contributed by atoms with Crippen LogP contribution in [-0.2, 0) is 10.0 Å². The van der Waals surface area contributed by atoms with Crippen molar-refractivity contribution in [3.8, 4) is 5.75 Å². The predicted octanol–water partition coefficient (Wildman–Crippen LogP) is 3.95.